The fraction of sp³-hybridized carbons (Fsp3) is 0.111. The molecule has 13 heavy (non-hydrogen) atoms. The SMILES string of the molecule is N#CCc1ccc2oc(I)nc2c1. The number of nitriles is 1. The van der Waals surface area contributed by atoms with Crippen molar-refractivity contribution in [2.45, 2.75) is 6.42 Å². The summed E-state index contributed by atoms with van der Waals surface area (Å²) in [7, 11) is 0. The number of halogens is 1. The monoisotopic (exact) mass is 284 g/mol. The molecule has 0 spiro atoms. The highest BCUT2D eigenvalue weighted by atomic mass is 127. The second-order valence-corrected chi connectivity index (χ2v) is 3.53. The normalized spacial score (nSPS) is 10.2. The van der Waals surface area contributed by atoms with E-state index in [1.165, 1.54) is 0 Å². The van der Waals surface area contributed by atoms with Crippen LogP contribution < -0.4 is 0 Å². The van der Waals surface area contributed by atoms with Gasteiger partial charge in [0.1, 0.15) is 5.52 Å². The van der Waals surface area contributed by atoms with E-state index in [2.05, 4.69) is 11.1 Å². The van der Waals surface area contributed by atoms with Gasteiger partial charge in [-0.2, -0.15) is 5.26 Å². The third-order valence-electron chi connectivity index (χ3n) is 1.71. The van der Waals surface area contributed by atoms with Gasteiger partial charge in [0.05, 0.1) is 12.5 Å². The average molecular weight is 284 g/mol. The van der Waals surface area contributed by atoms with E-state index >= 15 is 0 Å². The van der Waals surface area contributed by atoms with Gasteiger partial charge in [-0.3, -0.25) is 0 Å². The lowest BCUT2D eigenvalue weighted by atomic mass is 10.1. The van der Waals surface area contributed by atoms with Crippen molar-refractivity contribution in [2.24, 2.45) is 0 Å². The van der Waals surface area contributed by atoms with Crippen LogP contribution in [0.1, 0.15) is 5.56 Å². The van der Waals surface area contributed by atoms with Crippen LogP contribution in [0.4, 0.5) is 0 Å². The number of hydrogen-bond donors (Lipinski definition) is 0. The highest BCUT2D eigenvalue weighted by Gasteiger charge is 2.02. The second-order valence-electron chi connectivity index (χ2n) is 2.60. The third-order valence-corrected chi connectivity index (χ3v) is 2.17. The van der Waals surface area contributed by atoms with Crippen LogP contribution in [0.5, 0.6) is 0 Å². The zero-order valence-electron chi connectivity index (χ0n) is 6.62. The number of rotatable bonds is 1. The van der Waals surface area contributed by atoms with Crippen molar-refractivity contribution in [1.29, 1.82) is 5.26 Å². The lowest BCUT2D eigenvalue weighted by Crippen LogP contribution is -1.80. The van der Waals surface area contributed by atoms with Gasteiger partial charge in [-0.15, -0.1) is 0 Å². The zero-order valence-corrected chi connectivity index (χ0v) is 8.78. The van der Waals surface area contributed by atoms with E-state index in [1.54, 1.807) is 0 Å². The van der Waals surface area contributed by atoms with E-state index < -0.39 is 0 Å². The zero-order chi connectivity index (χ0) is 9.26. The van der Waals surface area contributed by atoms with Crippen molar-refractivity contribution < 1.29 is 4.42 Å². The molecule has 4 heteroatoms. The molecule has 0 aliphatic heterocycles. The first-order chi connectivity index (χ1) is 6.29. The van der Waals surface area contributed by atoms with Gasteiger partial charge in [0.2, 0.25) is 0 Å². The molecule has 0 bridgehead atoms. The van der Waals surface area contributed by atoms with Gasteiger partial charge in [-0.1, -0.05) is 6.07 Å². The summed E-state index contributed by atoms with van der Waals surface area (Å²) in [5.41, 5.74) is 2.56. The van der Waals surface area contributed by atoms with Gasteiger partial charge in [-0.25, -0.2) is 4.98 Å². The molecule has 2 rings (SSSR count). The molecule has 0 aliphatic rings. The van der Waals surface area contributed by atoms with Crippen LogP contribution in [0.2, 0.25) is 0 Å². The van der Waals surface area contributed by atoms with Crippen molar-refractivity contribution in [3.05, 3.63) is 27.7 Å². The van der Waals surface area contributed by atoms with Gasteiger partial charge in [0, 0.05) is 22.6 Å². The fourth-order valence-corrected chi connectivity index (χ4v) is 1.64. The van der Waals surface area contributed by atoms with Crippen LogP contribution in [-0.4, -0.2) is 4.98 Å². The molecule has 0 fully saturated rings. The van der Waals surface area contributed by atoms with Gasteiger partial charge >= 0.3 is 0 Å². The van der Waals surface area contributed by atoms with Crippen LogP contribution in [0.3, 0.4) is 0 Å². The molecule has 0 atom stereocenters. The minimum absolute atomic E-state index is 0.416. The predicted octanol–water partition coefficient (Wildman–Crippen LogP) is 2.50. The lowest BCUT2D eigenvalue weighted by molar-refractivity contribution is 0.566. The summed E-state index contributed by atoms with van der Waals surface area (Å²) in [4.78, 5) is 4.17. The molecule has 1 aromatic heterocycles. The van der Waals surface area contributed by atoms with E-state index in [1.807, 2.05) is 40.8 Å². The van der Waals surface area contributed by atoms with E-state index in [0.29, 0.717) is 10.3 Å². The van der Waals surface area contributed by atoms with E-state index in [4.69, 9.17) is 9.68 Å². The molecular weight excluding hydrogens is 279 g/mol. The number of benzene rings is 1. The Morgan fingerprint density at radius 3 is 3.15 bits per heavy atom. The van der Waals surface area contributed by atoms with Crippen molar-refractivity contribution >= 4 is 33.7 Å². The van der Waals surface area contributed by atoms with Crippen molar-refractivity contribution in [3.8, 4) is 6.07 Å². The van der Waals surface area contributed by atoms with Crippen LogP contribution >= 0.6 is 22.6 Å². The molecule has 1 heterocycles. The smallest absolute Gasteiger partial charge is 0.258 e. The highest BCUT2D eigenvalue weighted by molar-refractivity contribution is 14.1. The number of oxazole rings is 1. The standard InChI is InChI=1S/C9H5IN2O/c10-9-12-7-5-6(3-4-11)1-2-8(7)13-9/h1-2,5H,3H2. The lowest BCUT2D eigenvalue weighted by Gasteiger charge is -1.91. The van der Waals surface area contributed by atoms with E-state index in [9.17, 15) is 0 Å². The second kappa shape index (κ2) is 3.34. The molecule has 0 saturated carbocycles. The molecule has 0 N–H and O–H groups in total. The third kappa shape index (κ3) is 1.65. The summed E-state index contributed by atoms with van der Waals surface area (Å²) in [5, 5.41) is 8.50. The first kappa shape index (κ1) is 8.51. The Hall–Kier alpha value is -1.09. The maximum atomic E-state index is 8.50. The summed E-state index contributed by atoms with van der Waals surface area (Å²) >= 11 is 2.02. The molecule has 3 nitrogen and oxygen atoms in total. The Balaban J connectivity index is 2.56. The summed E-state index contributed by atoms with van der Waals surface area (Å²) in [6, 6.07) is 7.70. The van der Waals surface area contributed by atoms with Gasteiger partial charge in [-0.05, 0) is 17.7 Å². The largest absolute Gasteiger partial charge is 0.432 e. The Bertz CT molecular complexity index is 484. The van der Waals surface area contributed by atoms with Crippen LogP contribution in [-0.2, 0) is 6.42 Å². The van der Waals surface area contributed by atoms with Gasteiger partial charge in [0.15, 0.2) is 5.58 Å². The van der Waals surface area contributed by atoms with Crippen LogP contribution in [0.15, 0.2) is 22.6 Å². The Morgan fingerprint density at radius 1 is 1.54 bits per heavy atom. The Morgan fingerprint density at radius 2 is 2.38 bits per heavy atom. The van der Waals surface area contributed by atoms with Gasteiger partial charge in [0.25, 0.3) is 3.90 Å². The predicted molar refractivity (Wildman–Crippen MR) is 56.0 cm³/mol. The summed E-state index contributed by atoms with van der Waals surface area (Å²) in [5.74, 6) is 0. The molecule has 0 unspecified atom stereocenters. The van der Waals surface area contributed by atoms with Crippen LogP contribution in [0.25, 0.3) is 11.1 Å². The number of aromatic nitrogens is 1. The quantitative estimate of drug-likeness (QED) is 0.756. The van der Waals surface area contributed by atoms with E-state index in [-0.39, 0.29) is 0 Å². The van der Waals surface area contributed by atoms with Gasteiger partial charge < -0.3 is 4.42 Å². The Labute approximate surface area is 88.5 Å². The topological polar surface area (TPSA) is 49.8 Å². The maximum Gasteiger partial charge on any atom is 0.258 e. The summed E-state index contributed by atoms with van der Waals surface area (Å²) < 4.78 is 5.92. The molecule has 2 aromatic rings. The molecule has 0 amide bonds. The average Bonchev–Trinajstić information content (AvgIpc) is 2.44. The van der Waals surface area contributed by atoms with Crippen molar-refractivity contribution in [1.82, 2.24) is 4.98 Å². The van der Waals surface area contributed by atoms with Crippen molar-refractivity contribution in [3.63, 3.8) is 0 Å². The Kier molecular flexibility index (Phi) is 2.19. The van der Waals surface area contributed by atoms with E-state index in [0.717, 1.165) is 16.7 Å². The molecule has 0 radical (unpaired) electrons. The maximum absolute atomic E-state index is 8.50. The fourth-order valence-electron chi connectivity index (χ4n) is 1.15. The number of nitrogens with zero attached hydrogens (tertiary/aromatic N) is 2. The molecule has 0 aliphatic carbocycles. The first-order valence-electron chi connectivity index (χ1n) is 3.71. The minimum atomic E-state index is 0.416. The number of fused-ring (bicyclic) bond motifs is 1. The first-order valence-corrected chi connectivity index (χ1v) is 4.79. The number of hydrogen-bond acceptors (Lipinski definition) is 3. The molecule has 64 valence electrons. The summed E-state index contributed by atoms with van der Waals surface area (Å²) in [6.45, 7) is 0. The minimum Gasteiger partial charge on any atom is -0.432 e. The molecule has 0 saturated heterocycles. The highest BCUT2D eigenvalue weighted by Crippen LogP contribution is 2.18. The van der Waals surface area contributed by atoms with Crippen LogP contribution in [0, 0.1) is 15.2 Å². The molecular formula is C9H5IN2O. The molecule has 1 aromatic carbocycles. The summed E-state index contributed by atoms with van der Waals surface area (Å²) in [6.07, 6.45) is 0.416. The van der Waals surface area contributed by atoms with Crippen molar-refractivity contribution in [2.75, 3.05) is 0 Å².